The molecule has 0 unspecified atom stereocenters. The summed E-state index contributed by atoms with van der Waals surface area (Å²) >= 11 is 15.6. The van der Waals surface area contributed by atoms with Crippen LogP contribution in [0.1, 0.15) is 18.9 Å². The van der Waals surface area contributed by atoms with Gasteiger partial charge in [0.15, 0.2) is 0 Å². The van der Waals surface area contributed by atoms with E-state index in [9.17, 15) is 0 Å². The van der Waals surface area contributed by atoms with Crippen molar-refractivity contribution in [3.05, 3.63) is 33.8 Å². The summed E-state index contributed by atoms with van der Waals surface area (Å²) in [7, 11) is 0. The van der Waals surface area contributed by atoms with Crippen LogP contribution < -0.4 is 0 Å². The maximum atomic E-state index is 6.16. The van der Waals surface area contributed by atoms with Crippen molar-refractivity contribution in [3.63, 3.8) is 0 Å². The van der Waals surface area contributed by atoms with E-state index in [-0.39, 0.29) is 0 Å². The first-order valence-corrected chi connectivity index (χ1v) is 7.28. The predicted molar refractivity (Wildman–Crippen MR) is 75.8 cm³/mol. The van der Waals surface area contributed by atoms with Crippen LogP contribution >= 0.6 is 39.1 Å². The zero-order chi connectivity index (χ0) is 12.0. The summed E-state index contributed by atoms with van der Waals surface area (Å²) in [4.78, 5) is 2.36. The van der Waals surface area contributed by atoms with Crippen LogP contribution in [0.2, 0.25) is 10.0 Å². The predicted octanol–water partition coefficient (Wildman–Crippen LogP) is 4.60. The first-order valence-electron chi connectivity index (χ1n) is 5.40. The molecule has 0 saturated carbocycles. The Kier molecular flexibility index (Phi) is 6.74. The molecule has 4 heteroatoms. The first-order chi connectivity index (χ1) is 7.69. The third-order valence-corrected chi connectivity index (χ3v) is 3.90. The second-order valence-electron chi connectivity index (χ2n) is 3.62. The number of benzene rings is 1. The third kappa shape index (κ3) is 4.25. The Morgan fingerprint density at radius 3 is 2.69 bits per heavy atom. The molecular weight excluding hydrogens is 309 g/mol. The second kappa shape index (κ2) is 7.54. The zero-order valence-electron chi connectivity index (χ0n) is 9.35. The molecule has 0 aromatic heterocycles. The van der Waals surface area contributed by atoms with Crippen LogP contribution in [0.15, 0.2) is 18.2 Å². The van der Waals surface area contributed by atoms with Gasteiger partial charge in [-0.15, -0.1) is 0 Å². The van der Waals surface area contributed by atoms with Crippen molar-refractivity contribution in [2.75, 3.05) is 18.4 Å². The maximum absolute atomic E-state index is 6.16. The largest absolute Gasteiger partial charge is 0.299 e. The van der Waals surface area contributed by atoms with E-state index >= 15 is 0 Å². The number of nitrogens with zero attached hydrogens (tertiary/aromatic N) is 1. The lowest BCUT2D eigenvalue weighted by Gasteiger charge is -2.20. The molecule has 0 heterocycles. The van der Waals surface area contributed by atoms with E-state index in [2.05, 4.69) is 27.8 Å². The molecule has 1 aromatic carbocycles. The monoisotopic (exact) mass is 323 g/mol. The van der Waals surface area contributed by atoms with Crippen molar-refractivity contribution in [1.82, 2.24) is 4.90 Å². The lowest BCUT2D eigenvalue weighted by Crippen LogP contribution is -2.24. The second-order valence-corrected chi connectivity index (χ2v) is 5.20. The highest BCUT2D eigenvalue weighted by molar-refractivity contribution is 9.09. The molecule has 0 bridgehead atoms. The van der Waals surface area contributed by atoms with Crippen LogP contribution in [0.3, 0.4) is 0 Å². The molecule has 0 aliphatic rings. The molecule has 1 aromatic rings. The molecule has 0 fully saturated rings. The fourth-order valence-electron chi connectivity index (χ4n) is 1.54. The van der Waals surface area contributed by atoms with E-state index in [0.29, 0.717) is 10.0 Å². The SMILES string of the molecule is CCN(CCCBr)Cc1cccc(Cl)c1Cl. The maximum Gasteiger partial charge on any atom is 0.0637 e. The lowest BCUT2D eigenvalue weighted by atomic mass is 10.2. The van der Waals surface area contributed by atoms with Crippen molar-refractivity contribution in [2.24, 2.45) is 0 Å². The summed E-state index contributed by atoms with van der Waals surface area (Å²) in [6.45, 7) is 5.12. The molecule has 16 heavy (non-hydrogen) atoms. The molecule has 0 radical (unpaired) electrons. The Labute approximate surface area is 116 Å². The van der Waals surface area contributed by atoms with Gasteiger partial charge in [-0.05, 0) is 31.1 Å². The average molecular weight is 325 g/mol. The molecular formula is C12H16BrCl2N. The van der Waals surface area contributed by atoms with E-state index < -0.39 is 0 Å². The summed E-state index contributed by atoms with van der Waals surface area (Å²) in [5, 5.41) is 2.35. The standard InChI is InChI=1S/C12H16BrCl2N/c1-2-16(8-4-7-13)9-10-5-3-6-11(14)12(10)15/h3,5-6H,2,4,7-9H2,1H3. The Morgan fingerprint density at radius 2 is 2.06 bits per heavy atom. The van der Waals surface area contributed by atoms with Crippen LogP contribution in [0, 0.1) is 0 Å². The number of hydrogen-bond donors (Lipinski definition) is 0. The molecule has 1 rings (SSSR count). The molecule has 0 aliphatic carbocycles. The fraction of sp³-hybridized carbons (Fsp3) is 0.500. The van der Waals surface area contributed by atoms with Gasteiger partial charge in [0.2, 0.25) is 0 Å². The van der Waals surface area contributed by atoms with Gasteiger partial charge >= 0.3 is 0 Å². The molecule has 1 nitrogen and oxygen atoms in total. The Balaban J connectivity index is 2.66. The Morgan fingerprint density at radius 1 is 1.31 bits per heavy atom. The minimum Gasteiger partial charge on any atom is -0.299 e. The van der Waals surface area contributed by atoms with E-state index in [4.69, 9.17) is 23.2 Å². The minimum absolute atomic E-state index is 0.635. The average Bonchev–Trinajstić information content (AvgIpc) is 2.30. The van der Waals surface area contributed by atoms with Gasteiger partial charge in [-0.1, -0.05) is 58.2 Å². The van der Waals surface area contributed by atoms with Crippen LogP contribution in [-0.4, -0.2) is 23.3 Å². The topological polar surface area (TPSA) is 3.24 Å². The highest BCUT2D eigenvalue weighted by atomic mass is 79.9. The molecule has 90 valence electrons. The highest BCUT2D eigenvalue weighted by Gasteiger charge is 2.08. The highest BCUT2D eigenvalue weighted by Crippen LogP contribution is 2.26. The molecule has 0 aliphatic heterocycles. The van der Waals surface area contributed by atoms with Crippen LogP contribution in [0.25, 0.3) is 0 Å². The smallest absolute Gasteiger partial charge is 0.0637 e. The van der Waals surface area contributed by atoms with Crippen molar-refractivity contribution in [1.29, 1.82) is 0 Å². The van der Waals surface area contributed by atoms with Gasteiger partial charge in [0.05, 0.1) is 10.0 Å². The van der Waals surface area contributed by atoms with Gasteiger partial charge in [-0.25, -0.2) is 0 Å². The summed E-state index contributed by atoms with van der Waals surface area (Å²) in [5.41, 5.74) is 1.10. The van der Waals surface area contributed by atoms with E-state index in [1.54, 1.807) is 0 Å². The van der Waals surface area contributed by atoms with Gasteiger partial charge in [0.25, 0.3) is 0 Å². The van der Waals surface area contributed by atoms with Crippen LogP contribution in [0.4, 0.5) is 0 Å². The van der Waals surface area contributed by atoms with E-state index in [1.807, 2.05) is 18.2 Å². The van der Waals surface area contributed by atoms with Crippen molar-refractivity contribution in [3.8, 4) is 0 Å². The molecule has 0 spiro atoms. The Hall–Kier alpha value is 0.240. The van der Waals surface area contributed by atoms with Gasteiger partial charge in [-0.3, -0.25) is 4.90 Å². The van der Waals surface area contributed by atoms with Gasteiger partial charge in [0, 0.05) is 11.9 Å². The molecule has 0 atom stereocenters. The van der Waals surface area contributed by atoms with Crippen LogP contribution in [-0.2, 0) is 6.54 Å². The van der Waals surface area contributed by atoms with Crippen molar-refractivity contribution >= 4 is 39.1 Å². The van der Waals surface area contributed by atoms with Gasteiger partial charge < -0.3 is 0 Å². The number of alkyl halides is 1. The number of hydrogen-bond acceptors (Lipinski definition) is 1. The molecule has 0 saturated heterocycles. The van der Waals surface area contributed by atoms with Gasteiger partial charge in [-0.2, -0.15) is 0 Å². The normalized spacial score (nSPS) is 11.1. The third-order valence-electron chi connectivity index (χ3n) is 2.48. The minimum atomic E-state index is 0.635. The fourth-order valence-corrected chi connectivity index (χ4v) is 2.17. The number of rotatable bonds is 6. The van der Waals surface area contributed by atoms with Gasteiger partial charge in [0.1, 0.15) is 0 Å². The lowest BCUT2D eigenvalue weighted by molar-refractivity contribution is 0.282. The summed E-state index contributed by atoms with van der Waals surface area (Å²) in [5.74, 6) is 0. The quantitative estimate of drug-likeness (QED) is 0.691. The Bertz CT molecular complexity index is 331. The summed E-state index contributed by atoms with van der Waals surface area (Å²) < 4.78 is 0. The first kappa shape index (κ1) is 14.3. The molecule has 0 N–H and O–H groups in total. The van der Waals surface area contributed by atoms with E-state index in [1.165, 1.54) is 0 Å². The van der Waals surface area contributed by atoms with Crippen LogP contribution in [0.5, 0.6) is 0 Å². The van der Waals surface area contributed by atoms with Crippen molar-refractivity contribution < 1.29 is 0 Å². The zero-order valence-corrected chi connectivity index (χ0v) is 12.4. The molecule has 0 amide bonds. The summed E-state index contributed by atoms with van der Waals surface area (Å²) in [6.07, 6.45) is 1.14. The van der Waals surface area contributed by atoms with Crippen molar-refractivity contribution in [2.45, 2.75) is 19.9 Å². The number of halogens is 3. The summed E-state index contributed by atoms with van der Waals surface area (Å²) in [6, 6.07) is 5.80. The van der Waals surface area contributed by atoms with E-state index in [0.717, 1.165) is 36.9 Å².